The van der Waals surface area contributed by atoms with Crippen LogP contribution < -0.4 is 5.32 Å². The highest BCUT2D eigenvalue weighted by atomic mass is 15.0. The number of nitrogens with zero attached hydrogens (tertiary/aromatic N) is 3. The highest BCUT2D eigenvalue weighted by molar-refractivity contribution is 5.07. The van der Waals surface area contributed by atoms with Crippen LogP contribution in [0.2, 0.25) is 0 Å². The average molecular weight is 216 g/mol. The van der Waals surface area contributed by atoms with Crippen LogP contribution in [-0.2, 0) is 19.6 Å². The van der Waals surface area contributed by atoms with Crippen LogP contribution in [0.25, 0.3) is 0 Å². The third-order valence-corrected chi connectivity index (χ3v) is 2.52. The van der Waals surface area contributed by atoms with E-state index >= 15 is 0 Å². The van der Waals surface area contributed by atoms with Gasteiger partial charge in [0.25, 0.3) is 0 Å². The maximum atomic E-state index is 4.16. The number of hydrogen-bond donors (Lipinski definition) is 1. The molecule has 2 heterocycles. The molecule has 0 aliphatic carbocycles. The van der Waals surface area contributed by atoms with Crippen LogP contribution in [0.5, 0.6) is 0 Å². The van der Waals surface area contributed by atoms with E-state index in [1.165, 1.54) is 5.69 Å². The quantitative estimate of drug-likeness (QED) is 0.825. The van der Waals surface area contributed by atoms with Gasteiger partial charge in [-0.1, -0.05) is 0 Å². The molecular formula is C12H16N4. The summed E-state index contributed by atoms with van der Waals surface area (Å²) in [6, 6.07) is 6.13. The number of rotatable bonds is 5. The molecule has 0 atom stereocenters. The van der Waals surface area contributed by atoms with Crippen LogP contribution >= 0.6 is 0 Å². The van der Waals surface area contributed by atoms with Crippen LogP contribution in [0.4, 0.5) is 0 Å². The molecule has 4 nitrogen and oxygen atoms in total. The van der Waals surface area contributed by atoms with Gasteiger partial charge in [0.1, 0.15) is 6.33 Å². The summed E-state index contributed by atoms with van der Waals surface area (Å²) in [7, 11) is 0. The summed E-state index contributed by atoms with van der Waals surface area (Å²) in [5.41, 5.74) is 2.32. The summed E-state index contributed by atoms with van der Waals surface area (Å²) in [4.78, 5) is 8.05. The summed E-state index contributed by atoms with van der Waals surface area (Å²) >= 11 is 0. The van der Waals surface area contributed by atoms with Gasteiger partial charge in [0.05, 0.1) is 5.69 Å². The number of nitrogens with one attached hydrogen (secondary N) is 1. The summed E-state index contributed by atoms with van der Waals surface area (Å²) in [6.45, 7) is 4.80. The molecule has 0 aliphatic heterocycles. The van der Waals surface area contributed by atoms with E-state index in [9.17, 15) is 0 Å². The molecule has 0 radical (unpaired) electrons. The number of aromatic nitrogens is 3. The van der Waals surface area contributed by atoms with E-state index in [0.29, 0.717) is 0 Å². The topological polar surface area (TPSA) is 42.7 Å². The smallest absolute Gasteiger partial charge is 0.115 e. The van der Waals surface area contributed by atoms with Crippen molar-refractivity contribution in [2.24, 2.45) is 0 Å². The van der Waals surface area contributed by atoms with E-state index in [-0.39, 0.29) is 0 Å². The lowest BCUT2D eigenvalue weighted by atomic mass is 10.3. The monoisotopic (exact) mass is 216 g/mol. The van der Waals surface area contributed by atoms with Crippen molar-refractivity contribution in [1.82, 2.24) is 19.9 Å². The lowest BCUT2D eigenvalue weighted by molar-refractivity contribution is 0.621. The molecule has 0 spiro atoms. The molecule has 0 unspecified atom stereocenters. The first-order valence-electron chi connectivity index (χ1n) is 5.49. The zero-order valence-electron chi connectivity index (χ0n) is 9.43. The minimum Gasteiger partial charge on any atom is -0.351 e. The molecule has 0 aromatic carbocycles. The lowest BCUT2D eigenvalue weighted by Gasteiger charge is -2.07. The van der Waals surface area contributed by atoms with Crippen LogP contribution in [0.3, 0.4) is 0 Å². The zero-order chi connectivity index (χ0) is 11.2. The average Bonchev–Trinajstić information content (AvgIpc) is 2.78. The Bertz CT molecular complexity index is 422. The predicted octanol–water partition coefficient (Wildman–Crippen LogP) is 1.59. The lowest BCUT2D eigenvalue weighted by Crippen LogP contribution is -2.16. The Balaban J connectivity index is 1.85. The van der Waals surface area contributed by atoms with E-state index in [0.717, 1.165) is 25.3 Å². The minimum atomic E-state index is 0.775. The van der Waals surface area contributed by atoms with Crippen LogP contribution in [-0.4, -0.2) is 14.5 Å². The van der Waals surface area contributed by atoms with Crippen LogP contribution in [0.15, 0.2) is 36.9 Å². The highest BCUT2D eigenvalue weighted by Gasteiger charge is 1.98. The third kappa shape index (κ3) is 2.67. The molecule has 2 aromatic heterocycles. The van der Waals surface area contributed by atoms with E-state index < -0.39 is 0 Å². The van der Waals surface area contributed by atoms with E-state index in [2.05, 4.69) is 45.1 Å². The van der Waals surface area contributed by atoms with Crippen molar-refractivity contribution < 1.29 is 0 Å². The second-order valence-electron chi connectivity index (χ2n) is 3.59. The van der Waals surface area contributed by atoms with Gasteiger partial charge in [-0.25, -0.2) is 9.97 Å². The van der Waals surface area contributed by atoms with Gasteiger partial charge >= 0.3 is 0 Å². The maximum Gasteiger partial charge on any atom is 0.115 e. The van der Waals surface area contributed by atoms with Crippen molar-refractivity contribution in [2.75, 3.05) is 0 Å². The van der Waals surface area contributed by atoms with Crippen LogP contribution in [0, 0.1) is 0 Å². The van der Waals surface area contributed by atoms with Gasteiger partial charge in [0.15, 0.2) is 0 Å². The molecule has 0 saturated carbocycles. The summed E-state index contributed by atoms with van der Waals surface area (Å²) in [5, 5.41) is 3.37. The van der Waals surface area contributed by atoms with Crippen molar-refractivity contribution in [1.29, 1.82) is 0 Å². The molecule has 0 amide bonds. The number of hydrogen-bond acceptors (Lipinski definition) is 3. The van der Waals surface area contributed by atoms with Crippen molar-refractivity contribution in [3.8, 4) is 0 Å². The van der Waals surface area contributed by atoms with Gasteiger partial charge in [0.2, 0.25) is 0 Å². The molecule has 2 aromatic rings. The molecule has 16 heavy (non-hydrogen) atoms. The van der Waals surface area contributed by atoms with E-state index in [1.54, 1.807) is 12.5 Å². The van der Waals surface area contributed by atoms with Gasteiger partial charge in [-0.2, -0.15) is 0 Å². The fourth-order valence-corrected chi connectivity index (χ4v) is 1.66. The molecule has 0 bridgehead atoms. The molecule has 4 heteroatoms. The SMILES string of the molecule is CCn1cccc1CNCc1ccncn1. The van der Waals surface area contributed by atoms with Gasteiger partial charge in [-0.05, 0) is 25.1 Å². The second kappa shape index (κ2) is 5.42. The number of aryl methyl sites for hydroxylation is 1. The predicted molar refractivity (Wildman–Crippen MR) is 62.7 cm³/mol. The van der Waals surface area contributed by atoms with Gasteiger partial charge in [-0.3, -0.25) is 0 Å². The van der Waals surface area contributed by atoms with Crippen LogP contribution in [0.1, 0.15) is 18.3 Å². The van der Waals surface area contributed by atoms with Crippen molar-refractivity contribution in [3.63, 3.8) is 0 Å². The first-order valence-corrected chi connectivity index (χ1v) is 5.49. The van der Waals surface area contributed by atoms with Crippen molar-refractivity contribution in [3.05, 3.63) is 48.3 Å². The Morgan fingerprint density at radius 1 is 1.31 bits per heavy atom. The Labute approximate surface area is 95.4 Å². The molecule has 2 rings (SSSR count). The van der Waals surface area contributed by atoms with Gasteiger partial charge in [0, 0.05) is 37.7 Å². The first-order chi connectivity index (χ1) is 7.90. The minimum absolute atomic E-state index is 0.775. The Morgan fingerprint density at radius 3 is 3.00 bits per heavy atom. The fraction of sp³-hybridized carbons (Fsp3) is 0.333. The largest absolute Gasteiger partial charge is 0.351 e. The van der Waals surface area contributed by atoms with Gasteiger partial charge < -0.3 is 9.88 Å². The molecule has 0 aliphatic rings. The van der Waals surface area contributed by atoms with Crippen molar-refractivity contribution >= 4 is 0 Å². The Hall–Kier alpha value is -1.68. The molecule has 84 valence electrons. The third-order valence-electron chi connectivity index (χ3n) is 2.52. The normalized spacial score (nSPS) is 10.6. The van der Waals surface area contributed by atoms with Gasteiger partial charge in [-0.15, -0.1) is 0 Å². The van der Waals surface area contributed by atoms with Crippen molar-refractivity contribution in [2.45, 2.75) is 26.6 Å². The Morgan fingerprint density at radius 2 is 2.25 bits per heavy atom. The standard InChI is InChI=1S/C12H16N4/c1-2-16-7-3-4-12(16)9-14-8-11-5-6-13-10-15-11/h3-7,10,14H,2,8-9H2,1H3. The van der Waals surface area contributed by atoms with E-state index in [1.807, 2.05) is 6.07 Å². The Kier molecular flexibility index (Phi) is 3.66. The maximum absolute atomic E-state index is 4.16. The summed E-state index contributed by atoms with van der Waals surface area (Å²) in [5.74, 6) is 0. The van der Waals surface area contributed by atoms with E-state index in [4.69, 9.17) is 0 Å². The highest BCUT2D eigenvalue weighted by Crippen LogP contribution is 2.02. The molecule has 0 saturated heterocycles. The summed E-state index contributed by atoms with van der Waals surface area (Å²) < 4.78 is 2.23. The molecule has 1 N–H and O–H groups in total. The summed E-state index contributed by atoms with van der Waals surface area (Å²) in [6.07, 6.45) is 5.44. The molecule has 0 fully saturated rings. The second-order valence-corrected chi connectivity index (χ2v) is 3.59. The fourth-order valence-electron chi connectivity index (χ4n) is 1.66. The molecular weight excluding hydrogens is 200 g/mol. The first kappa shape index (κ1) is 10.8. The zero-order valence-corrected chi connectivity index (χ0v) is 9.43.